The Balaban J connectivity index is 0.957. The number of hydrogen-bond donors (Lipinski definition) is 5. The fourth-order valence-corrected chi connectivity index (χ4v) is 11.1. The number of halogens is 2. The van der Waals surface area contributed by atoms with Gasteiger partial charge in [-0.05, 0) is 77.6 Å². The van der Waals surface area contributed by atoms with Crippen molar-refractivity contribution in [1.82, 2.24) is 35.0 Å². The topological polar surface area (TPSA) is 260 Å². The Hall–Kier alpha value is -7.05. The normalized spacial score (nSPS) is 20.4. The van der Waals surface area contributed by atoms with E-state index < -0.39 is 102 Å². The van der Waals surface area contributed by atoms with Gasteiger partial charge in [-0.1, -0.05) is 81.1 Å². The monoisotopic (exact) mass is 1060 g/mol. The molecule has 5 N–H and O–H groups in total. The van der Waals surface area contributed by atoms with Crippen molar-refractivity contribution in [2.75, 3.05) is 32.1 Å². The summed E-state index contributed by atoms with van der Waals surface area (Å²) in [6, 6.07) is 13.4. The summed E-state index contributed by atoms with van der Waals surface area (Å²) < 4.78 is 42.0. The van der Waals surface area contributed by atoms with Gasteiger partial charge in [0.25, 0.3) is 11.8 Å². The molecule has 4 heterocycles. The van der Waals surface area contributed by atoms with Gasteiger partial charge in [-0.15, -0.1) is 0 Å². The number of carbonyl (C=O) groups excluding carboxylic acids is 9. The van der Waals surface area contributed by atoms with E-state index in [1.54, 1.807) is 25.7 Å². The van der Waals surface area contributed by atoms with Crippen LogP contribution in [0.15, 0.2) is 72.3 Å². The fourth-order valence-electron chi connectivity index (χ4n) is 9.58. The summed E-state index contributed by atoms with van der Waals surface area (Å²) in [5, 5.41) is 7.48. The highest BCUT2D eigenvalue weighted by Gasteiger charge is 2.51. The van der Waals surface area contributed by atoms with Gasteiger partial charge in [0.1, 0.15) is 24.5 Å². The maximum atomic E-state index is 14.9. The van der Waals surface area contributed by atoms with Crippen molar-refractivity contribution in [2.24, 2.45) is 5.41 Å². The van der Waals surface area contributed by atoms with Crippen molar-refractivity contribution in [1.29, 1.82) is 0 Å². The van der Waals surface area contributed by atoms with Crippen LogP contribution in [0.25, 0.3) is 6.08 Å². The van der Waals surface area contributed by atoms with Crippen LogP contribution in [0.4, 0.5) is 8.78 Å². The van der Waals surface area contributed by atoms with Crippen LogP contribution in [-0.4, -0.2) is 132 Å². The highest BCUT2D eigenvalue weighted by molar-refractivity contribution is 7.97. The average molecular weight is 1060 g/mol. The van der Waals surface area contributed by atoms with Gasteiger partial charge in [0.2, 0.25) is 41.4 Å². The summed E-state index contributed by atoms with van der Waals surface area (Å²) in [7, 11) is -5.87. The van der Waals surface area contributed by atoms with E-state index in [4.69, 9.17) is 0 Å². The van der Waals surface area contributed by atoms with Crippen molar-refractivity contribution >= 4 is 78.8 Å². The predicted molar refractivity (Wildman–Crippen MR) is 263 cm³/mol. The second-order valence-corrected chi connectivity index (χ2v) is 22.2. The molecule has 3 aromatic carbocycles. The highest BCUT2D eigenvalue weighted by Crippen LogP contribution is 2.59. The Morgan fingerprint density at radius 3 is 2.39 bits per heavy atom. The molecule has 388 valence electrons. The number of hydrogen-bond acceptors (Lipinski definition) is 11. The van der Waals surface area contributed by atoms with Gasteiger partial charge >= 0.3 is 13.3 Å². The molecular weight excluding hydrogens is 1000 g/mol. The Morgan fingerprint density at radius 2 is 1.69 bits per heavy atom. The fraction of sp³-hybridized carbons (Fsp3) is 0.392. The first-order chi connectivity index (χ1) is 34.9. The average Bonchev–Trinajstić information content (AvgIpc) is 3.91. The van der Waals surface area contributed by atoms with Crippen molar-refractivity contribution in [3.63, 3.8) is 0 Å². The van der Waals surface area contributed by atoms with Crippen molar-refractivity contribution in [2.45, 2.75) is 89.0 Å². The van der Waals surface area contributed by atoms with Crippen LogP contribution in [0.5, 0.6) is 0 Å². The van der Waals surface area contributed by atoms with Gasteiger partial charge in [0, 0.05) is 48.5 Å². The maximum Gasteiger partial charge on any atom is 0.399 e. The molecule has 0 bridgehead atoms. The zero-order valence-electron chi connectivity index (χ0n) is 40.4. The summed E-state index contributed by atoms with van der Waals surface area (Å²) in [4.78, 5) is 144. The molecule has 8 rings (SSSR count). The lowest BCUT2D eigenvalue weighted by molar-refractivity contribution is -0.150. The summed E-state index contributed by atoms with van der Waals surface area (Å²) in [6.45, 7) is 5.22. The van der Waals surface area contributed by atoms with Crippen molar-refractivity contribution in [3.05, 3.63) is 111 Å². The minimum Gasteiger partial charge on any atom is -0.345 e. The number of alkyl halides is 2. The number of imide groups is 2. The van der Waals surface area contributed by atoms with Gasteiger partial charge in [0.15, 0.2) is 0 Å². The maximum absolute atomic E-state index is 14.9. The third-order valence-electron chi connectivity index (χ3n) is 13.5. The number of nitrogens with one attached hydrogen (secondary N) is 3. The summed E-state index contributed by atoms with van der Waals surface area (Å²) in [5.41, 5.74) is -4.52. The Kier molecular flexibility index (Phi) is 15.2. The number of amides is 9. The zero-order valence-corrected chi connectivity index (χ0v) is 42.1. The van der Waals surface area contributed by atoms with E-state index in [-0.39, 0.29) is 72.0 Å². The first-order valence-corrected chi connectivity index (χ1v) is 26.3. The van der Waals surface area contributed by atoms with E-state index in [0.29, 0.717) is 25.1 Å². The van der Waals surface area contributed by atoms with Crippen LogP contribution in [0.3, 0.4) is 0 Å². The molecule has 0 saturated carbocycles. The standard InChI is InChI=1S/C51H52F2N7O12PS/c1-50(2,3)43(56-44(64)34-22-31-16-17-35(24-33(31)23-34)51(52,53)73(70,71)72)49(69)58-28-74-59(27-38(58)47(67)57-21-9-14-32(26-57)29-10-5-4-6-11-29)41(63)25-40(62)54-20-8-13-30-12-7-15-36-42(30)48(68)60(46(36)66)37-18-19-39(61)55-45(37)65/h4-7,10-12,15-17,23-24,32,37-38,43H,9,14,18-22,25-28H2,1-3H3,(H,54,62)(H,56,64)(H,55,61,65)(H2,70,71,72)/t32-,37?,38-,43+/m0/s1. The third-order valence-corrected chi connectivity index (χ3v) is 15.6. The molecule has 3 fully saturated rings. The first-order valence-electron chi connectivity index (χ1n) is 23.7. The molecule has 0 aromatic heterocycles. The van der Waals surface area contributed by atoms with E-state index in [1.165, 1.54) is 39.5 Å². The predicted octanol–water partition coefficient (Wildman–Crippen LogP) is 3.39. The lowest BCUT2D eigenvalue weighted by atomic mass is 9.85. The van der Waals surface area contributed by atoms with Crippen molar-refractivity contribution in [3.8, 4) is 11.8 Å². The second kappa shape index (κ2) is 21.1. The lowest BCUT2D eigenvalue weighted by Crippen LogP contribution is -2.64. The highest BCUT2D eigenvalue weighted by atomic mass is 32.2. The molecule has 4 atom stereocenters. The van der Waals surface area contributed by atoms with Gasteiger partial charge in [-0.25, -0.2) is 0 Å². The Bertz CT molecular complexity index is 3020. The quantitative estimate of drug-likeness (QED) is 0.0608. The molecule has 1 aliphatic carbocycles. The minimum absolute atomic E-state index is 0.0108. The van der Waals surface area contributed by atoms with Crippen LogP contribution < -0.4 is 16.0 Å². The van der Waals surface area contributed by atoms with Crippen molar-refractivity contribution < 1.29 is 66.3 Å². The number of rotatable bonds is 11. The molecule has 5 aliphatic rings. The molecule has 23 heteroatoms. The van der Waals surface area contributed by atoms with E-state index in [9.17, 15) is 66.3 Å². The molecule has 0 spiro atoms. The number of benzene rings is 3. The van der Waals surface area contributed by atoms with Gasteiger partial charge in [0.05, 0.1) is 30.1 Å². The number of carbonyl (C=O) groups is 9. The van der Waals surface area contributed by atoms with Crippen LogP contribution >= 0.6 is 19.5 Å². The molecule has 3 saturated heterocycles. The molecule has 3 aromatic rings. The molecule has 1 unspecified atom stereocenters. The van der Waals surface area contributed by atoms with E-state index in [0.717, 1.165) is 41.0 Å². The van der Waals surface area contributed by atoms with E-state index in [1.807, 2.05) is 30.3 Å². The Labute approximate surface area is 428 Å². The van der Waals surface area contributed by atoms with Gasteiger partial charge in [-0.2, -0.15) is 8.78 Å². The molecule has 74 heavy (non-hydrogen) atoms. The van der Waals surface area contributed by atoms with Crippen LogP contribution in [0.1, 0.15) is 107 Å². The molecule has 19 nitrogen and oxygen atoms in total. The van der Waals surface area contributed by atoms with E-state index in [2.05, 4.69) is 27.8 Å². The summed E-state index contributed by atoms with van der Waals surface area (Å²) in [6.07, 6.45) is 1.99. The number of nitrogens with zero attached hydrogens (tertiary/aromatic N) is 4. The lowest BCUT2D eigenvalue weighted by Gasteiger charge is -2.45. The molecule has 4 aliphatic heterocycles. The smallest absolute Gasteiger partial charge is 0.345 e. The van der Waals surface area contributed by atoms with Gasteiger partial charge < -0.3 is 30.2 Å². The van der Waals surface area contributed by atoms with Crippen LogP contribution in [0, 0.1) is 17.3 Å². The van der Waals surface area contributed by atoms with E-state index >= 15 is 0 Å². The van der Waals surface area contributed by atoms with Crippen LogP contribution in [0.2, 0.25) is 0 Å². The Morgan fingerprint density at radius 1 is 0.946 bits per heavy atom. The number of piperidine rings is 2. The second-order valence-electron chi connectivity index (χ2n) is 19.6. The first kappa shape index (κ1) is 53.2. The summed E-state index contributed by atoms with van der Waals surface area (Å²) in [5.74, 6) is -0.694. The van der Waals surface area contributed by atoms with Gasteiger partial charge in [-0.3, -0.25) is 62.2 Å². The van der Waals surface area contributed by atoms with Crippen LogP contribution in [-0.2, 0) is 50.2 Å². The number of fused-ring (bicyclic) bond motifs is 2. The minimum atomic E-state index is -5.87. The molecule has 9 amide bonds. The third kappa shape index (κ3) is 10.9. The molecule has 0 radical (unpaired) electrons. The number of likely N-dealkylation sites (tertiary alicyclic amines) is 1. The largest absolute Gasteiger partial charge is 0.399 e. The summed E-state index contributed by atoms with van der Waals surface area (Å²) >= 11 is 0.896. The molecular formula is C51H52F2N7O12PS. The zero-order chi connectivity index (χ0) is 53.4. The SMILES string of the molecule is CC(C)(C)[C@H](NC(=O)C1=Cc2cc(C(F)(F)P(=O)(O)O)ccc2C1)C(=O)N1CSN(C(=O)CC(=O)NCC#Cc2cccc3c2C(=O)N(C2CCC(=O)NC2=O)C3=O)C[C@H]1C(=O)N1CCC[C@H](c2ccccc2)C1.